The number of rotatable bonds is 50. The Morgan fingerprint density at radius 2 is 0.458 bits per heavy atom. The molecule has 0 saturated carbocycles. The van der Waals surface area contributed by atoms with Crippen LogP contribution in [0.2, 0.25) is 18.1 Å². The van der Waals surface area contributed by atoms with Gasteiger partial charge in [-0.2, -0.15) is 0 Å². The van der Waals surface area contributed by atoms with Crippen molar-refractivity contribution in [2.45, 2.75) is 317 Å². The van der Waals surface area contributed by atoms with Crippen LogP contribution in [0, 0.1) is 0 Å². The summed E-state index contributed by atoms with van der Waals surface area (Å²) in [6.07, 6.45) is 52.2. The Hall–Kier alpha value is -3.02. The lowest BCUT2D eigenvalue weighted by atomic mass is 10.0. The Morgan fingerprint density at radius 1 is 0.241 bits per heavy atom. The van der Waals surface area contributed by atoms with Crippen molar-refractivity contribution in [2.75, 3.05) is 4.44 Å². The first-order valence-electron chi connectivity index (χ1n) is 35.8. The lowest BCUT2D eigenvalue weighted by Crippen LogP contribution is -2.47. The predicted molar refractivity (Wildman–Crippen MR) is 383 cm³/mol. The molecule has 0 saturated heterocycles. The molecule has 0 spiro atoms. The number of hydrogen-bond donors (Lipinski definition) is 0. The quantitative estimate of drug-likeness (QED) is 0.0213. The molecule has 0 fully saturated rings. The van der Waals surface area contributed by atoms with Gasteiger partial charge in [0.05, 0.1) is 24.2 Å². The number of unbranched alkanes of at least 4 members (excludes halogenated alkanes) is 28. The highest BCUT2D eigenvalue weighted by molar-refractivity contribution is 7.90. The van der Waals surface area contributed by atoms with E-state index in [2.05, 4.69) is 174 Å². The molecule has 0 aliphatic heterocycles. The average molecular weight is 1180 g/mol. The van der Waals surface area contributed by atoms with Crippen molar-refractivity contribution in [3.63, 3.8) is 0 Å². The third kappa shape index (κ3) is 26.5. The van der Waals surface area contributed by atoms with Gasteiger partial charge < -0.3 is 4.44 Å². The third-order valence-corrected chi connectivity index (χ3v) is 29.6. The predicted octanol–water partition coefficient (Wildman–Crippen LogP) is 24.2. The van der Waals surface area contributed by atoms with Crippen molar-refractivity contribution in [2.24, 2.45) is 0 Å². The highest BCUT2D eigenvalue weighted by Crippen LogP contribution is 2.57. The van der Waals surface area contributed by atoms with Crippen LogP contribution < -0.4 is 30.8 Å². The zero-order valence-electron chi connectivity index (χ0n) is 55.1. The summed E-state index contributed by atoms with van der Waals surface area (Å²) >= 11 is 0. The molecule has 0 amide bonds. The van der Waals surface area contributed by atoms with E-state index in [4.69, 9.17) is 0 Å². The third-order valence-electron chi connectivity index (χ3n) is 18.3. The van der Waals surface area contributed by atoms with E-state index in [-0.39, 0.29) is 0 Å². The fourth-order valence-corrected chi connectivity index (χ4v) is 24.6. The van der Waals surface area contributed by atoms with Gasteiger partial charge in [0.25, 0.3) is 0 Å². The summed E-state index contributed by atoms with van der Waals surface area (Å²) in [7, 11) is -3.66. The molecule has 5 aromatic carbocycles. The van der Waals surface area contributed by atoms with E-state index in [1.54, 1.807) is 5.19 Å². The van der Waals surface area contributed by atoms with Gasteiger partial charge in [0.1, 0.15) is 0 Å². The summed E-state index contributed by atoms with van der Waals surface area (Å²) in [6.45, 7) is 16.6. The molecular weight excluding hydrogens is 1050 g/mol. The van der Waals surface area contributed by atoms with Crippen molar-refractivity contribution in [1.82, 2.24) is 0 Å². The van der Waals surface area contributed by atoms with Crippen molar-refractivity contribution in [1.29, 1.82) is 0 Å². The van der Waals surface area contributed by atoms with E-state index in [0.717, 1.165) is 0 Å². The van der Waals surface area contributed by atoms with Crippen molar-refractivity contribution >= 4 is 56.3 Å². The summed E-state index contributed by atoms with van der Waals surface area (Å²) < 4.78 is 3.01. The first-order valence-corrected chi connectivity index (χ1v) is 41.0. The Labute approximate surface area is 518 Å². The molecule has 4 heteroatoms. The monoisotopic (exact) mass is 1180 g/mol. The van der Waals surface area contributed by atoms with Gasteiger partial charge in [-0.05, 0) is 85.8 Å². The number of aryl methyl sites for hydroxylation is 4. The van der Waals surface area contributed by atoms with Crippen LogP contribution >= 0.6 is 16.1 Å². The topological polar surface area (TPSA) is 3.24 Å². The van der Waals surface area contributed by atoms with Crippen LogP contribution in [0.4, 0.5) is 5.69 Å². The molecule has 0 atom stereocenters. The largest absolute Gasteiger partial charge is 0.313 e. The van der Waals surface area contributed by atoms with Crippen LogP contribution in [-0.4, -0.2) is 8.07 Å². The molecule has 83 heavy (non-hydrogen) atoms. The standard InChI is InChI=1S/C79H125NP2Si/c1-8-15-19-23-27-31-35-39-43-70-47-57-75(58-48-70)81(76-59-49-71(50-60-76)44-40-36-32-28-24-20-16-9-2)80(74-55-65-79(66-56-74)83(67-12-5,68-13-6)69-14-7)82(77-61-51-72(52-62-77)45-41-37-33-29-25-21-17-10-3)78-63-53-73(54-64-78)46-42-38-34-30-26-22-18-11-4/h47-66H,8-46,67-69H2,1-7H3. The number of nitrogens with zero attached hydrogens (tertiary/aromatic N) is 1. The molecule has 5 rings (SSSR count). The van der Waals surface area contributed by atoms with E-state index < -0.39 is 24.2 Å². The molecule has 1 nitrogen and oxygen atoms in total. The Morgan fingerprint density at radius 3 is 0.675 bits per heavy atom. The normalized spacial score (nSPS) is 11.9. The number of benzene rings is 5. The second-order valence-electron chi connectivity index (χ2n) is 25.6. The smallest absolute Gasteiger partial charge is 0.0866 e. The Bertz CT molecular complexity index is 2030. The van der Waals surface area contributed by atoms with Crippen LogP contribution in [0.1, 0.15) is 295 Å². The van der Waals surface area contributed by atoms with Gasteiger partial charge in [0.2, 0.25) is 0 Å². The van der Waals surface area contributed by atoms with E-state index in [1.165, 1.54) is 318 Å². The van der Waals surface area contributed by atoms with E-state index >= 15 is 0 Å². The van der Waals surface area contributed by atoms with Crippen LogP contribution in [0.3, 0.4) is 0 Å². The number of anilines is 1. The van der Waals surface area contributed by atoms with Crippen LogP contribution in [0.5, 0.6) is 0 Å². The van der Waals surface area contributed by atoms with Crippen LogP contribution in [-0.2, 0) is 25.7 Å². The molecule has 0 heterocycles. The maximum atomic E-state index is 3.01. The molecule has 460 valence electrons. The average Bonchev–Trinajstić information content (AvgIpc) is 3.71. The molecule has 0 aliphatic rings. The fraction of sp³-hybridized carbons (Fsp3) is 0.620. The second kappa shape index (κ2) is 44.4. The maximum absolute atomic E-state index is 3.01. The molecule has 0 radical (unpaired) electrons. The van der Waals surface area contributed by atoms with Gasteiger partial charge in [-0.25, -0.2) is 0 Å². The molecule has 0 aliphatic carbocycles. The lowest BCUT2D eigenvalue weighted by molar-refractivity contribution is 0.575. The highest BCUT2D eigenvalue weighted by Gasteiger charge is 2.35. The van der Waals surface area contributed by atoms with E-state index in [0.29, 0.717) is 0 Å². The SMILES string of the molecule is CCCCCCCCCCc1ccc(P(c2ccc(CCCCCCCCCC)cc2)N(c2ccc([Si](CCC)(CCC)CCC)cc2)P(c2ccc(CCCCCCCCCC)cc2)c2ccc(CCCCCCCCCC)cc2)cc1. The second-order valence-corrected chi connectivity index (χ2v) is 34.6. The molecule has 5 aromatic rings. The van der Waals surface area contributed by atoms with E-state index in [9.17, 15) is 0 Å². The van der Waals surface area contributed by atoms with Gasteiger partial charge in [0.15, 0.2) is 0 Å². The lowest BCUT2D eigenvalue weighted by Gasteiger charge is -2.41. The summed E-state index contributed by atoms with van der Waals surface area (Å²) in [5, 5.41) is 7.56. The summed E-state index contributed by atoms with van der Waals surface area (Å²) in [4.78, 5) is 0. The van der Waals surface area contributed by atoms with Gasteiger partial charge in [-0.15, -0.1) is 0 Å². The minimum Gasteiger partial charge on any atom is -0.313 e. The first-order chi connectivity index (χ1) is 40.9. The molecular formula is C79H125NP2Si. The van der Waals surface area contributed by atoms with Gasteiger partial charge in [-0.3, -0.25) is 0 Å². The zero-order chi connectivity index (χ0) is 58.8. The van der Waals surface area contributed by atoms with Crippen molar-refractivity contribution in [3.8, 4) is 0 Å². The van der Waals surface area contributed by atoms with Crippen LogP contribution in [0.25, 0.3) is 0 Å². The Balaban J connectivity index is 1.61. The van der Waals surface area contributed by atoms with Gasteiger partial charge in [-0.1, -0.05) is 380 Å². The van der Waals surface area contributed by atoms with Crippen LogP contribution in [0.15, 0.2) is 121 Å². The van der Waals surface area contributed by atoms with Crippen molar-refractivity contribution < 1.29 is 0 Å². The van der Waals surface area contributed by atoms with Crippen molar-refractivity contribution in [3.05, 3.63) is 144 Å². The molecule has 0 aromatic heterocycles. The highest BCUT2D eigenvalue weighted by atomic mass is 31.2. The minimum absolute atomic E-state index is 0.993. The number of hydrogen-bond acceptors (Lipinski definition) is 1. The molecule has 0 bridgehead atoms. The summed E-state index contributed by atoms with van der Waals surface area (Å²) in [5.74, 6) is 0. The minimum atomic E-state index is -1.67. The Kier molecular flexibility index (Phi) is 37.9. The van der Waals surface area contributed by atoms with Gasteiger partial charge >= 0.3 is 0 Å². The first kappa shape index (κ1) is 70.7. The fourth-order valence-electron chi connectivity index (χ4n) is 13.3. The maximum Gasteiger partial charge on any atom is 0.0866 e. The van der Waals surface area contributed by atoms with Gasteiger partial charge in [0, 0.05) is 26.9 Å². The summed E-state index contributed by atoms with van der Waals surface area (Å²) in [5.41, 5.74) is 7.37. The molecule has 0 N–H and O–H groups in total. The summed E-state index contributed by atoms with van der Waals surface area (Å²) in [6, 6.07) is 55.4. The zero-order valence-corrected chi connectivity index (χ0v) is 57.9. The molecule has 0 unspecified atom stereocenters. The van der Waals surface area contributed by atoms with E-state index in [1.807, 2.05) is 0 Å².